The number of ether oxygens (including phenoxy) is 1. The second kappa shape index (κ2) is 6.33. The Balaban J connectivity index is 1.85. The standard InChI is InChI=1S/C14H15NO2S/c1-17-14(16)12-6-4-11(5-7-12)9-15-10-13-3-2-8-18-13/h2-8,15H,9-10H2,1H3. The molecule has 1 heterocycles. The molecule has 0 saturated heterocycles. The third-order valence-electron chi connectivity index (χ3n) is 2.58. The van der Waals surface area contributed by atoms with Crippen molar-refractivity contribution in [3.8, 4) is 0 Å². The van der Waals surface area contributed by atoms with Crippen molar-refractivity contribution in [1.82, 2.24) is 5.32 Å². The molecule has 3 nitrogen and oxygen atoms in total. The van der Waals surface area contributed by atoms with Gasteiger partial charge in [-0.3, -0.25) is 0 Å². The summed E-state index contributed by atoms with van der Waals surface area (Å²) in [6.07, 6.45) is 0. The third kappa shape index (κ3) is 3.42. The molecule has 0 aliphatic rings. The van der Waals surface area contributed by atoms with E-state index in [1.165, 1.54) is 12.0 Å². The van der Waals surface area contributed by atoms with Gasteiger partial charge >= 0.3 is 5.97 Å². The number of esters is 1. The zero-order valence-electron chi connectivity index (χ0n) is 10.2. The molecule has 0 radical (unpaired) electrons. The minimum atomic E-state index is -0.298. The van der Waals surface area contributed by atoms with Gasteiger partial charge in [-0.05, 0) is 29.1 Å². The minimum Gasteiger partial charge on any atom is -0.465 e. The van der Waals surface area contributed by atoms with Crippen LogP contribution >= 0.6 is 11.3 Å². The summed E-state index contributed by atoms with van der Waals surface area (Å²) in [6.45, 7) is 1.66. The largest absolute Gasteiger partial charge is 0.465 e. The van der Waals surface area contributed by atoms with E-state index < -0.39 is 0 Å². The molecule has 0 atom stereocenters. The van der Waals surface area contributed by atoms with Gasteiger partial charge in [-0.1, -0.05) is 18.2 Å². The fourth-order valence-corrected chi connectivity index (χ4v) is 2.29. The van der Waals surface area contributed by atoms with Gasteiger partial charge in [-0.15, -0.1) is 11.3 Å². The Labute approximate surface area is 110 Å². The quantitative estimate of drug-likeness (QED) is 0.841. The maximum atomic E-state index is 11.3. The molecule has 0 spiro atoms. The highest BCUT2D eigenvalue weighted by molar-refractivity contribution is 7.09. The van der Waals surface area contributed by atoms with E-state index in [1.807, 2.05) is 18.2 Å². The molecule has 2 aromatic rings. The number of carbonyl (C=O) groups is 1. The summed E-state index contributed by atoms with van der Waals surface area (Å²) in [7, 11) is 1.39. The molecule has 1 aromatic carbocycles. The molecule has 0 aliphatic heterocycles. The Hall–Kier alpha value is -1.65. The van der Waals surface area contributed by atoms with Crippen molar-refractivity contribution in [3.63, 3.8) is 0 Å². The van der Waals surface area contributed by atoms with E-state index >= 15 is 0 Å². The van der Waals surface area contributed by atoms with Crippen LogP contribution in [-0.4, -0.2) is 13.1 Å². The maximum Gasteiger partial charge on any atom is 0.337 e. The number of carbonyl (C=O) groups excluding carboxylic acids is 1. The van der Waals surface area contributed by atoms with Crippen LogP contribution in [0.15, 0.2) is 41.8 Å². The van der Waals surface area contributed by atoms with Crippen molar-refractivity contribution >= 4 is 17.3 Å². The lowest BCUT2D eigenvalue weighted by atomic mass is 10.1. The van der Waals surface area contributed by atoms with Crippen LogP contribution in [0.5, 0.6) is 0 Å². The van der Waals surface area contributed by atoms with E-state index in [9.17, 15) is 4.79 Å². The van der Waals surface area contributed by atoms with Crippen LogP contribution in [0.4, 0.5) is 0 Å². The molecular weight excluding hydrogens is 246 g/mol. The molecule has 2 rings (SSSR count). The third-order valence-corrected chi connectivity index (χ3v) is 3.46. The van der Waals surface area contributed by atoms with Gasteiger partial charge in [-0.25, -0.2) is 4.79 Å². The summed E-state index contributed by atoms with van der Waals surface area (Å²) in [5.74, 6) is -0.298. The van der Waals surface area contributed by atoms with E-state index in [1.54, 1.807) is 23.5 Å². The molecular formula is C14H15NO2S. The molecule has 0 fully saturated rings. The topological polar surface area (TPSA) is 38.3 Å². The summed E-state index contributed by atoms with van der Waals surface area (Å²) in [4.78, 5) is 12.6. The lowest BCUT2D eigenvalue weighted by Gasteiger charge is -2.04. The molecule has 94 valence electrons. The van der Waals surface area contributed by atoms with Crippen molar-refractivity contribution in [2.45, 2.75) is 13.1 Å². The van der Waals surface area contributed by atoms with Crippen molar-refractivity contribution in [3.05, 3.63) is 57.8 Å². The zero-order chi connectivity index (χ0) is 12.8. The first-order valence-corrected chi connectivity index (χ1v) is 6.58. The summed E-state index contributed by atoms with van der Waals surface area (Å²) < 4.78 is 4.65. The first-order valence-electron chi connectivity index (χ1n) is 5.70. The molecule has 1 aromatic heterocycles. The second-order valence-electron chi connectivity index (χ2n) is 3.87. The molecule has 0 saturated carbocycles. The predicted molar refractivity (Wildman–Crippen MR) is 72.6 cm³/mol. The normalized spacial score (nSPS) is 10.3. The highest BCUT2D eigenvalue weighted by Gasteiger charge is 2.03. The first kappa shape index (κ1) is 12.8. The van der Waals surface area contributed by atoms with Crippen LogP contribution in [0, 0.1) is 0 Å². The number of thiophene rings is 1. The maximum absolute atomic E-state index is 11.3. The van der Waals surface area contributed by atoms with Crippen LogP contribution in [-0.2, 0) is 17.8 Å². The number of hydrogen-bond donors (Lipinski definition) is 1. The molecule has 4 heteroatoms. The Bertz CT molecular complexity index is 491. The fraction of sp³-hybridized carbons (Fsp3) is 0.214. The van der Waals surface area contributed by atoms with Crippen LogP contribution in [0.3, 0.4) is 0 Å². The van der Waals surface area contributed by atoms with Crippen LogP contribution in [0.1, 0.15) is 20.8 Å². The monoisotopic (exact) mass is 261 g/mol. The van der Waals surface area contributed by atoms with Crippen LogP contribution in [0.2, 0.25) is 0 Å². The van der Waals surface area contributed by atoms with Gasteiger partial charge < -0.3 is 10.1 Å². The van der Waals surface area contributed by atoms with Gasteiger partial charge in [0.1, 0.15) is 0 Å². The lowest BCUT2D eigenvalue weighted by Crippen LogP contribution is -2.11. The van der Waals surface area contributed by atoms with Gasteiger partial charge in [0.15, 0.2) is 0 Å². The number of benzene rings is 1. The van der Waals surface area contributed by atoms with E-state index in [0.29, 0.717) is 5.56 Å². The highest BCUT2D eigenvalue weighted by atomic mass is 32.1. The van der Waals surface area contributed by atoms with Gasteiger partial charge in [0.25, 0.3) is 0 Å². The fourth-order valence-electron chi connectivity index (χ4n) is 1.62. The van der Waals surface area contributed by atoms with E-state index in [0.717, 1.165) is 18.7 Å². The average molecular weight is 261 g/mol. The summed E-state index contributed by atoms with van der Waals surface area (Å²) in [5, 5.41) is 5.43. The lowest BCUT2D eigenvalue weighted by molar-refractivity contribution is 0.0600. The molecule has 1 N–H and O–H groups in total. The Kier molecular flexibility index (Phi) is 4.50. The minimum absolute atomic E-state index is 0.298. The van der Waals surface area contributed by atoms with Gasteiger partial charge in [0, 0.05) is 18.0 Å². The van der Waals surface area contributed by atoms with Gasteiger partial charge in [0.05, 0.1) is 12.7 Å². The Morgan fingerprint density at radius 1 is 1.22 bits per heavy atom. The summed E-state index contributed by atoms with van der Waals surface area (Å²) in [5.41, 5.74) is 1.73. The highest BCUT2D eigenvalue weighted by Crippen LogP contribution is 2.09. The molecule has 0 unspecified atom stereocenters. The van der Waals surface area contributed by atoms with Crippen LogP contribution < -0.4 is 5.32 Å². The summed E-state index contributed by atoms with van der Waals surface area (Å²) in [6, 6.07) is 11.6. The van der Waals surface area contributed by atoms with Crippen molar-refractivity contribution in [2.24, 2.45) is 0 Å². The van der Waals surface area contributed by atoms with Crippen molar-refractivity contribution in [2.75, 3.05) is 7.11 Å². The first-order chi connectivity index (χ1) is 8.79. The molecule has 0 bridgehead atoms. The van der Waals surface area contributed by atoms with Gasteiger partial charge in [-0.2, -0.15) is 0 Å². The van der Waals surface area contributed by atoms with Crippen LogP contribution in [0.25, 0.3) is 0 Å². The van der Waals surface area contributed by atoms with Gasteiger partial charge in [0.2, 0.25) is 0 Å². The number of methoxy groups -OCH3 is 1. The smallest absolute Gasteiger partial charge is 0.337 e. The van der Waals surface area contributed by atoms with Crippen molar-refractivity contribution in [1.29, 1.82) is 0 Å². The summed E-state index contributed by atoms with van der Waals surface area (Å²) >= 11 is 1.74. The van der Waals surface area contributed by atoms with E-state index in [2.05, 4.69) is 21.5 Å². The number of rotatable bonds is 5. The predicted octanol–water partition coefficient (Wildman–Crippen LogP) is 2.82. The number of hydrogen-bond acceptors (Lipinski definition) is 4. The molecule has 0 amide bonds. The Morgan fingerprint density at radius 2 is 2.00 bits per heavy atom. The second-order valence-corrected chi connectivity index (χ2v) is 4.90. The zero-order valence-corrected chi connectivity index (χ0v) is 11.0. The average Bonchev–Trinajstić information content (AvgIpc) is 2.92. The number of nitrogens with one attached hydrogen (secondary N) is 1. The van der Waals surface area contributed by atoms with E-state index in [4.69, 9.17) is 0 Å². The Morgan fingerprint density at radius 3 is 2.61 bits per heavy atom. The van der Waals surface area contributed by atoms with E-state index in [-0.39, 0.29) is 5.97 Å². The molecule has 0 aliphatic carbocycles. The SMILES string of the molecule is COC(=O)c1ccc(CNCc2cccs2)cc1. The van der Waals surface area contributed by atoms with Crippen molar-refractivity contribution < 1.29 is 9.53 Å². The molecule has 18 heavy (non-hydrogen) atoms.